The normalized spacial score (nSPS) is 11.5. The molecule has 0 aliphatic heterocycles. The lowest BCUT2D eigenvalue weighted by Crippen LogP contribution is -2.17. The van der Waals surface area contributed by atoms with Gasteiger partial charge in [-0.25, -0.2) is 0 Å². The molecule has 0 spiro atoms. The van der Waals surface area contributed by atoms with Crippen LogP contribution >= 0.6 is 15.9 Å². The Kier molecular flexibility index (Phi) is 3.38. The van der Waals surface area contributed by atoms with Crippen LogP contribution in [0.15, 0.2) is 22.7 Å². The van der Waals surface area contributed by atoms with Gasteiger partial charge in [-0.3, -0.25) is 0 Å². The molecule has 1 N–H and O–H groups in total. The van der Waals surface area contributed by atoms with Gasteiger partial charge in [-0.1, -0.05) is 15.9 Å². The molecule has 1 aromatic carbocycles. The van der Waals surface area contributed by atoms with E-state index in [9.17, 15) is 13.2 Å². The van der Waals surface area contributed by atoms with Crippen LogP contribution < -0.4 is 4.74 Å². The molecule has 1 rings (SSSR count). The number of hydrogen-bond acceptors (Lipinski definition) is 2. The first kappa shape index (κ1) is 11.3. The number of rotatable bonds is 2. The zero-order valence-electron chi connectivity index (χ0n) is 6.81. The molecule has 0 saturated carbocycles. The number of aliphatic hydroxyl groups excluding tert-OH is 1. The highest BCUT2D eigenvalue weighted by molar-refractivity contribution is 9.10. The van der Waals surface area contributed by atoms with Crippen LogP contribution in [0.2, 0.25) is 0 Å². The average Bonchev–Trinajstić information content (AvgIpc) is 1.99. The first-order valence-corrected chi connectivity index (χ1v) is 4.36. The summed E-state index contributed by atoms with van der Waals surface area (Å²) >= 11 is 3.00. The summed E-state index contributed by atoms with van der Waals surface area (Å²) in [7, 11) is 0. The van der Waals surface area contributed by atoms with Gasteiger partial charge in [0, 0.05) is 4.47 Å². The minimum Gasteiger partial charge on any atom is -0.406 e. The Morgan fingerprint density at radius 2 is 1.93 bits per heavy atom. The van der Waals surface area contributed by atoms with Crippen LogP contribution in [0.4, 0.5) is 13.2 Å². The largest absolute Gasteiger partial charge is 0.573 e. The van der Waals surface area contributed by atoms with E-state index in [1.807, 2.05) is 0 Å². The summed E-state index contributed by atoms with van der Waals surface area (Å²) in [6, 6.07) is 3.80. The van der Waals surface area contributed by atoms with Gasteiger partial charge in [0.25, 0.3) is 0 Å². The van der Waals surface area contributed by atoms with Gasteiger partial charge in [0.15, 0.2) is 0 Å². The molecule has 0 unspecified atom stereocenters. The predicted octanol–water partition coefficient (Wildman–Crippen LogP) is 2.84. The van der Waals surface area contributed by atoms with Crippen molar-refractivity contribution in [2.45, 2.75) is 13.0 Å². The SMILES string of the molecule is OCc1cc(Br)cc(OC(F)(F)F)c1. The Hall–Kier alpha value is -0.750. The van der Waals surface area contributed by atoms with Crippen LogP contribution in [0.25, 0.3) is 0 Å². The molecular formula is C8H6BrF3O2. The molecule has 0 atom stereocenters. The summed E-state index contributed by atoms with van der Waals surface area (Å²) in [5, 5.41) is 8.73. The molecule has 0 saturated heterocycles. The second-order valence-corrected chi connectivity index (χ2v) is 3.42. The van der Waals surface area contributed by atoms with Crippen molar-refractivity contribution in [3.63, 3.8) is 0 Å². The van der Waals surface area contributed by atoms with Crippen molar-refractivity contribution < 1.29 is 23.0 Å². The zero-order valence-corrected chi connectivity index (χ0v) is 8.39. The third-order valence-corrected chi connectivity index (χ3v) is 1.81. The van der Waals surface area contributed by atoms with Crippen LogP contribution in [-0.2, 0) is 6.61 Å². The quantitative estimate of drug-likeness (QED) is 0.896. The van der Waals surface area contributed by atoms with E-state index in [0.29, 0.717) is 10.0 Å². The maximum Gasteiger partial charge on any atom is 0.573 e. The highest BCUT2D eigenvalue weighted by atomic mass is 79.9. The summed E-state index contributed by atoms with van der Waals surface area (Å²) < 4.78 is 39.5. The minimum absolute atomic E-state index is 0.340. The molecule has 6 heteroatoms. The van der Waals surface area contributed by atoms with E-state index in [1.165, 1.54) is 12.1 Å². The lowest BCUT2D eigenvalue weighted by molar-refractivity contribution is -0.274. The second kappa shape index (κ2) is 4.18. The fourth-order valence-corrected chi connectivity index (χ4v) is 1.42. The van der Waals surface area contributed by atoms with Crippen molar-refractivity contribution in [1.82, 2.24) is 0 Å². The van der Waals surface area contributed by atoms with Crippen LogP contribution in [0.5, 0.6) is 5.75 Å². The fourth-order valence-electron chi connectivity index (χ4n) is 0.905. The number of aliphatic hydroxyl groups is 1. The van der Waals surface area contributed by atoms with E-state index < -0.39 is 6.36 Å². The molecule has 0 aromatic heterocycles. The van der Waals surface area contributed by atoms with Gasteiger partial charge in [-0.2, -0.15) is 0 Å². The third-order valence-electron chi connectivity index (χ3n) is 1.35. The molecular weight excluding hydrogens is 265 g/mol. The first-order valence-electron chi connectivity index (χ1n) is 3.57. The maximum absolute atomic E-state index is 11.8. The van der Waals surface area contributed by atoms with E-state index in [1.54, 1.807) is 0 Å². The van der Waals surface area contributed by atoms with Crippen LogP contribution in [0.1, 0.15) is 5.56 Å². The molecule has 0 aliphatic rings. The summed E-state index contributed by atoms with van der Waals surface area (Å²) in [5.74, 6) is -0.351. The Morgan fingerprint density at radius 3 is 2.43 bits per heavy atom. The minimum atomic E-state index is -4.71. The molecule has 0 bridgehead atoms. The molecule has 0 fully saturated rings. The molecule has 0 heterocycles. The van der Waals surface area contributed by atoms with Crippen molar-refractivity contribution in [1.29, 1.82) is 0 Å². The summed E-state index contributed by atoms with van der Waals surface area (Å²) in [6.07, 6.45) is -4.71. The van der Waals surface area contributed by atoms with Gasteiger partial charge >= 0.3 is 6.36 Å². The first-order chi connectivity index (χ1) is 6.40. The number of halogens is 4. The van der Waals surface area contributed by atoms with Gasteiger partial charge in [-0.15, -0.1) is 13.2 Å². The third kappa shape index (κ3) is 3.55. The van der Waals surface area contributed by atoms with Gasteiger partial charge in [0.2, 0.25) is 0 Å². The van der Waals surface area contributed by atoms with Gasteiger partial charge < -0.3 is 9.84 Å². The molecule has 1 aromatic rings. The summed E-state index contributed by atoms with van der Waals surface area (Å²) in [6.45, 7) is -0.340. The summed E-state index contributed by atoms with van der Waals surface area (Å²) in [4.78, 5) is 0. The van der Waals surface area contributed by atoms with Crippen molar-refractivity contribution in [3.8, 4) is 5.75 Å². The zero-order chi connectivity index (χ0) is 10.8. The second-order valence-electron chi connectivity index (χ2n) is 2.50. The monoisotopic (exact) mass is 270 g/mol. The average molecular weight is 271 g/mol. The van der Waals surface area contributed by atoms with E-state index in [2.05, 4.69) is 20.7 Å². The Morgan fingerprint density at radius 1 is 1.29 bits per heavy atom. The fraction of sp³-hybridized carbons (Fsp3) is 0.250. The van der Waals surface area contributed by atoms with Crippen LogP contribution in [0.3, 0.4) is 0 Å². The standard InChI is InChI=1S/C8H6BrF3O2/c9-6-1-5(4-13)2-7(3-6)14-8(10,11)12/h1-3,13H,4H2. The topological polar surface area (TPSA) is 29.5 Å². The van der Waals surface area contributed by atoms with Crippen LogP contribution in [-0.4, -0.2) is 11.5 Å². The van der Waals surface area contributed by atoms with E-state index in [-0.39, 0.29) is 12.4 Å². The lowest BCUT2D eigenvalue weighted by atomic mass is 10.2. The van der Waals surface area contributed by atoms with Crippen molar-refractivity contribution in [3.05, 3.63) is 28.2 Å². The molecule has 0 amide bonds. The molecule has 2 nitrogen and oxygen atoms in total. The smallest absolute Gasteiger partial charge is 0.406 e. The number of benzene rings is 1. The van der Waals surface area contributed by atoms with Gasteiger partial charge in [-0.05, 0) is 23.8 Å². The molecule has 0 radical (unpaired) electrons. The highest BCUT2D eigenvalue weighted by Gasteiger charge is 2.31. The lowest BCUT2D eigenvalue weighted by Gasteiger charge is -2.10. The van der Waals surface area contributed by atoms with Crippen LogP contribution in [0, 0.1) is 0 Å². The summed E-state index contributed by atoms with van der Waals surface area (Å²) in [5.41, 5.74) is 0.346. The highest BCUT2D eigenvalue weighted by Crippen LogP contribution is 2.27. The molecule has 0 aliphatic carbocycles. The Bertz CT molecular complexity index is 325. The van der Waals surface area contributed by atoms with E-state index in [4.69, 9.17) is 5.11 Å². The van der Waals surface area contributed by atoms with Gasteiger partial charge in [0.1, 0.15) is 5.75 Å². The number of hydrogen-bond donors (Lipinski definition) is 1. The van der Waals surface area contributed by atoms with Gasteiger partial charge in [0.05, 0.1) is 6.61 Å². The number of alkyl halides is 3. The van der Waals surface area contributed by atoms with E-state index in [0.717, 1.165) is 6.07 Å². The van der Waals surface area contributed by atoms with Crippen molar-refractivity contribution in [2.75, 3.05) is 0 Å². The molecule has 78 valence electrons. The van der Waals surface area contributed by atoms with Crippen molar-refractivity contribution in [2.24, 2.45) is 0 Å². The van der Waals surface area contributed by atoms with E-state index >= 15 is 0 Å². The Balaban J connectivity index is 2.92. The maximum atomic E-state index is 11.8. The van der Waals surface area contributed by atoms with Crippen molar-refractivity contribution >= 4 is 15.9 Å². The molecule has 14 heavy (non-hydrogen) atoms. The predicted molar refractivity (Wildman–Crippen MR) is 46.7 cm³/mol. The Labute approximate surface area is 86.4 Å². The number of ether oxygens (including phenoxy) is 1.